The molecular formula is C11H14N4O6S. The molecule has 3 heterocycles. The molecule has 120 valence electrons. The Morgan fingerprint density at radius 2 is 2.27 bits per heavy atom. The molecule has 22 heavy (non-hydrogen) atoms. The maximum atomic E-state index is 12.1. The Balaban J connectivity index is 2.06. The van der Waals surface area contributed by atoms with Gasteiger partial charge in [-0.05, 0) is 0 Å². The Bertz CT molecular complexity index is 813. The number of hydrogen-bond donors (Lipinski definition) is 5. The minimum absolute atomic E-state index is 0.0157. The fourth-order valence-corrected chi connectivity index (χ4v) is 3.34. The van der Waals surface area contributed by atoms with E-state index in [-0.39, 0.29) is 22.7 Å². The van der Waals surface area contributed by atoms with E-state index in [0.29, 0.717) is 11.3 Å². The monoisotopic (exact) mass is 330 g/mol. The van der Waals surface area contributed by atoms with E-state index in [0.717, 1.165) is 4.57 Å². The van der Waals surface area contributed by atoms with Gasteiger partial charge in [0, 0.05) is 6.42 Å². The highest BCUT2D eigenvalue weighted by molar-refractivity contribution is 7.16. The first-order valence-corrected chi connectivity index (χ1v) is 7.27. The number of aromatic amines is 1. The van der Waals surface area contributed by atoms with E-state index in [4.69, 9.17) is 15.6 Å². The van der Waals surface area contributed by atoms with Gasteiger partial charge in [0.2, 0.25) is 5.95 Å². The van der Waals surface area contributed by atoms with Crippen LogP contribution < -0.4 is 16.2 Å². The lowest BCUT2D eigenvalue weighted by atomic mass is 10.1. The topological polar surface area (TPSA) is 164 Å². The van der Waals surface area contributed by atoms with Crippen LogP contribution in [0, 0.1) is 0 Å². The van der Waals surface area contributed by atoms with E-state index in [2.05, 4.69) is 9.97 Å². The third kappa shape index (κ3) is 2.32. The molecule has 0 aliphatic carbocycles. The van der Waals surface area contributed by atoms with Crippen molar-refractivity contribution in [2.45, 2.75) is 31.0 Å². The van der Waals surface area contributed by atoms with Gasteiger partial charge in [-0.3, -0.25) is 19.1 Å². The van der Waals surface area contributed by atoms with Gasteiger partial charge in [-0.25, -0.2) is 0 Å². The van der Waals surface area contributed by atoms with Crippen molar-refractivity contribution in [3.63, 3.8) is 0 Å². The molecule has 1 aliphatic rings. The average Bonchev–Trinajstić information content (AvgIpc) is 2.98. The molecule has 1 unspecified atom stereocenters. The molecule has 1 saturated heterocycles. The summed E-state index contributed by atoms with van der Waals surface area (Å²) in [4.78, 5) is 29.6. The lowest BCUT2D eigenvalue weighted by Gasteiger charge is -2.19. The summed E-state index contributed by atoms with van der Waals surface area (Å²) in [5.41, 5.74) is 5.01. The summed E-state index contributed by atoms with van der Waals surface area (Å²) in [6.45, 7) is -0.585. The molecule has 3 rings (SSSR count). The number of aromatic nitrogens is 3. The number of aliphatic hydroxyl groups is 3. The molecule has 2 aromatic heterocycles. The molecule has 1 fully saturated rings. The Morgan fingerprint density at radius 3 is 2.95 bits per heavy atom. The van der Waals surface area contributed by atoms with Crippen molar-refractivity contribution < 1.29 is 20.1 Å². The number of hydrogen-bond acceptors (Lipinski definition) is 9. The fourth-order valence-electron chi connectivity index (χ4n) is 2.49. The second-order valence-corrected chi connectivity index (χ2v) is 5.91. The van der Waals surface area contributed by atoms with Gasteiger partial charge in [0.1, 0.15) is 23.1 Å². The van der Waals surface area contributed by atoms with E-state index >= 15 is 0 Å². The zero-order valence-corrected chi connectivity index (χ0v) is 12.0. The SMILES string of the molecule is Nc1nc2c(sc(=O)n2[C@H]2C[C@@H](O)[C@@H](C(O)CO)O2)c(=O)[nH]1. The number of nitrogens with zero attached hydrogens (tertiary/aromatic N) is 2. The predicted molar refractivity (Wildman–Crippen MR) is 76.5 cm³/mol. The molecule has 0 radical (unpaired) electrons. The first-order valence-electron chi connectivity index (χ1n) is 6.45. The van der Waals surface area contributed by atoms with Crippen LogP contribution in [0.4, 0.5) is 5.95 Å². The third-order valence-electron chi connectivity index (χ3n) is 3.48. The average molecular weight is 330 g/mol. The van der Waals surface area contributed by atoms with Crippen LogP contribution in [0.5, 0.6) is 0 Å². The molecule has 0 bridgehead atoms. The first kappa shape index (κ1) is 15.1. The Kier molecular flexibility index (Phi) is 3.74. The quantitative estimate of drug-likeness (QED) is 0.420. The zero-order chi connectivity index (χ0) is 16.0. The molecule has 6 N–H and O–H groups in total. The summed E-state index contributed by atoms with van der Waals surface area (Å²) in [5, 5.41) is 28.5. The maximum Gasteiger partial charge on any atom is 0.311 e. The molecule has 1 aliphatic heterocycles. The number of anilines is 1. The first-order chi connectivity index (χ1) is 10.4. The summed E-state index contributed by atoms with van der Waals surface area (Å²) in [6.07, 6.45) is -4.26. The molecule has 0 saturated carbocycles. The Labute approximate surface area is 126 Å². The molecule has 0 spiro atoms. The van der Waals surface area contributed by atoms with E-state index in [1.165, 1.54) is 0 Å². The standard InChI is InChI=1S/C11H14N4O6S/c12-10-13-8-7(9(19)14-10)22-11(20)15(8)5-1-3(17)6(21-5)4(18)2-16/h3-6,16-18H,1-2H2,(H3,12,13,14,19)/t3-,4?,5-,6+/m1/s1. The van der Waals surface area contributed by atoms with Gasteiger partial charge in [0.25, 0.3) is 5.56 Å². The lowest BCUT2D eigenvalue weighted by Crippen LogP contribution is -2.37. The van der Waals surface area contributed by atoms with Crippen molar-refractivity contribution in [3.05, 3.63) is 20.0 Å². The van der Waals surface area contributed by atoms with Crippen molar-refractivity contribution in [2.75, 3.05) is 12.3 Å². The number of nitrogen functional groups attached to an aromatic ring is 1. The molecule has 2 aromatic rings. The Morgan fingerprint density at radius 1 is 1.55 bits per heavy atom. The summed E-state index contributed by atoms with van der Waals surface area (Å²) in [7, 11) is 0. The van der Waals surface area contributed by atoms with Crippen molar-refractivity contribution >= 4 is 27.6 Å². The molecule has 0 aromatic carbocycles. The minimum Gasteiger partial charge on any atom is -0.394 e. The van der Waals surface area contributed by atoms with Gasteiger partial charge in [-0.15, -0.1) is 0 Å². The summed E-state index contributed by atoms with van der Waals surface area (Å²) >= 11 is 0.690. The highest BCUT2D eigenvalue weighted by Crippen LogP contribution is 2.31. The number of H-pyrrole nitrogens is 1. The predicted octanol–water partition coefficient (Wildman–Crippen LogP) is -2.27. The second kappa shape index (κ2) is 5.44. The van der Waals surface area contributed by atoms with Crippen LogP contribution in [-0.2, 0) is 4.74 Å². The van der Waals surface area contributed by atoms with Crippen LogP contribution in [0.2, 0.25) is 0 Å². The van der Waals surface area contributed by atoms with Crippen LogP contribution in [-0.4, -0.2) is 54.8 Å². The van der Waals surface area contributed by atoms with Gasteiger partial charge in [-0.2, -0.15) is 4.98 Å². The highest BCUT2D eigenvalue weighted by atomic mass is 32.1. The van der Waals surface area contributed by atoms with Crippen molar-refractivity contribution in [3.8, 4) is 0 Å². The number of fused-ring (bicyclic) bond motifs is 1. The van der Waals surface area contributed by atoms with Gasteiger partial charge >= 0.3 is 4.87 Å². The van der Waals surface area contributed by atoms with Crippen molar-refractivity contribution in [1.82, 2.24) is 14.5 Å². The number of thiazole rings is 1. The van der Waals surface area contributed by atoms with Gasteiger partial charge < -0.3 is 25.8 Å². The van der Waals surface area contributed by atoms with Gasteiger partial charge in [0.05, 0.1) is 12.7 Å². The van der Waals surface area contributed by atoms with E-state index < -0.39 is 41.6 Å². The second-order valence-electron chi connectivity index (χ2n) is 4.95. The maximum absolute atomic E-state index is 12.1. The molecule has 4 atom stereocenters. The number of ether oxygens (including phenoxy) is 1. The van der Waals surface area contributed by atoms with Crippen LogP contribution >= 0.6 is 11.3 Å². The van der Waals surface area contributed by atoms with Crippen molar-refractivity contribution in [1.29, 1.82) is 0 Å². The number of rotatable bonds is 3. The number of nitrogens with two attached hydrogens (primary N) is 1. The van der Waals surface area contributed by atoms with E-state index in [1.54, 1.807) is 0 Å². The summed E-state index contributed by atoms with van der Waals surface area (Å²) in [5.74, 6) is -0.144. The van der Waals surface area contributed by atoms with Crippen LogP contribution in [0.3, 0.4) is 0 Å². The molecular weight excluding hydrogens is 316 g/mol. The minimum atomic E-state index is -1.28. The summed E-state index contributed by atoms with van der Waals surface area (Å²) < 4.78 is 6.68. The molecule has 11 heteroatoms. The van der Waals surface area contributed by atoms with Gasteiger partial charge in [-0.1, -0.05) is 11.3 Å². The smallest absolute Gasteiger partial charge is 0.311 e. The Hall–Kier alpha value is -1.79. The van der Waals surface area contributed by atoms with Crippen LogP contribution in [0.25, 0.3) is 10.3 Å². The fraction of sp³-hybridized carbons (Fsp3) is 0.545. The van der Waals surface area contributed by atoms with Crippen LogP contribution in [0.15, 0.2) is 9.59 Å². The van der Waals surface area contributed by atoms with E-state index in [9.17, 15) is 19.8 Å². The van der Waals surface area contributed by atoms with Crippen molar-refractivity contribution in [2.24, 2.45) is 0 Å². The van der Waals surface area contributed by atoms with Gasteiger partial charge in [0.15, 0.2) is 5.65 Å². The van der Waals surface area contributed by atoms with E-state index in [1.807, 2.05) is 0 Å². The third-order valence-corrected chi connectivity index (χ3v) is 4.43. The highest BCUT2D eigenvalue weighted by Gasteiger charge is 2.40. The lowest BCUT2D eigenvalue weighted by molar-refractivity contribution is -0.0952. The van der Waals surface area contributed by atoms with Crippen LogP contribution in [0.1, 0.15) is 12.6 Å². The molecule has 0 amide bonds. The number of aliphatic hydroxyl groups excluding tert-OH is 3. The molecule has 10 nitrogen and oxygen atoms in total. The summed E-state index contributed by atoms with van der Waals surface area (Å²) in [6, 6.07) is 0. The zero-order valence-electron chi connectivity index (χ0n) is 11.2. The largest absolute Gasteiger partial charge is 0.394 e. The number of nitrogens with one attached hydrogen (secondary N) is 1. The normalized spacial score (nSPS) is 26.6.